The van der Waals surface area contributed by atoms with E-state index in [1.54, 1.807) is 12.1 Å². The highest BCUT2D eigenvalue weighted by Crippen LogP contribution is 2.32. The monoisotopic (exact) mass is 738 g/mol. The van der Waals surface area contributed by atoms with Gasteiger partial charge < -0.3 is 48.9 Å². The number of unbranched alkanes of at least 4 members (excludes halogenated alkanes) is 2. The maximum absolute atomic E-state index is 13.2. The van der Waals surface area contributed by atoms with Crippen LogP contribution in [-0.4, -0.2) is 153 Å². The summed E-state index contributed by atoms with van der Waals surface area (Å²) in [4.78, 5) is 63.4. The van der Waals surface area contributed by atoms with Gasteiger partial charge in [-0.2, -0.15) is 0 Å². The van der Waals surface area contributed by atoms with E-state index in [-0.39, 0.29) is 42.0 Å². The van der Waals surface area contributed by atoms with E-state index in [4.69, 9.17) is 43.6 Å². The van der Waals surface area contributed by atoms with Crippen LogP contribution in [0.4, 0.5) is 5.69 Å². The number of benzene rings is 1. The Morgan fingerprint density at radius 2 is 1.17 bits per heavy atom. The maximum atomic E-state index is 13.2. The molecule has 0 saturated carbocycles. The highest BCUT2D eigenvalue weighted by Gasteiger charge is 2.45. The van der Waals surface area contributed by atoms with Crippen LogP contribution < -0.4 is 16.4 Å². The van der Waals surface area contributed by atoms with Crippen LogP contribution in [0.15, 0.2) is 18.2 Å². The molecule has 3 rings (SSSR count). The van der Waals surface area contributed by atoms with Gasteiger partial charge in [-0.15, -0.1) is 0 Å². The summed E-state index contributed by atoms with van der Waals surface area (Å²) >= 11 is 0. The summed E-state index contributed by atoms with van der Waals surface area (Å²) in [6.07, 6.45) is 2.47. The molecule has 0 aromatic heterocycles. The van der Waals surface area contributed by atoms with E-state index in [1.807, 2.05) is 0 Å². The molecule has 1 unspecified atom stereocenters. The summed E-state index contributed by atoms with van der Waals surface area (Å²) in [6, 6.07) is 3.53. The Hall–Kier alpha value is -3.39. The number of fused-ring (bicyclic) bond motifs is 1. The normalized spacial score (nSPS) is 15.7. The molecule has 5 amide bonds. The van der Waals surface area contributed by atoms with Crippen molar-refractivity contribution in [2.45, 2.75) is 44.6 Å². The smallest absolute Gasteiger partial charge is 0.264 e. The van der Waals surface area contributed by atoms with Gasteiger partial charge in [-0.3, -0.25) is 34.2 Å². The van der Waals surface area contributed by atoms with Gasteiger partial charge in [0.25, 0.3) is 11.8 Å². The Morgan fingerprint density at radius 3 is 1.67 bits per heavy atom. The molecule has 0 radical (unpaired) electrons. The fourth-order valence-corrected chi connectivity index (χ4v) is 5.22. The number of ether oxygens (including phenoxy) is 8. The van der Waals surface area contributed by atoms with Crippen LogP contribution in [-0.2, 0) is 52.3 Å². The molecule has 17 nitrogen and oxygen atoms in total. The van der Waals surface area contributed by atoms with Crippen LogP contribution in [0.25, 0.3) is 0 Å². The molecule has 1 saturated heterocycles. The van der Waals surface area contributed by atoms with Crippen LogP contribution in [0.3, 0.4) is 0 Å². The third kappa shape index (κ3) is 16.1. The number of hydrogen-bond donors (Lipinski definition) is 3. The van der Waals surface area contributed by atoms with Crippen LogP contribution in [0.1, 0.15) is 59.2 Å². The first-order valence-electron chi connectivity index (χ1n) is 17.9. The largest absolute Gasteiger partial charge is 0.379 e. The van der Waals surface area contributed by atoms with Crippen LogP contribution in [0, 0.1) is 0 Å². The number of imide groups is 2. The molecule has 0 aliphatic carbocycles. The van der Waals surface area contributed by atoms with Gasteiger partial charge in [-0.05, 0) is 31.4 Å². The second-order valence-electron chi connectivity index (χ2n) is 11.7. The minimum Gasteiger partial charge on any atom is -0.379 e. The Balaban J connectivity index is 1.08. The third-order valence-corrected chi connectivity index (χ3v) is 7.80. The van der Waals surface area contributed by atoms with Gasteiger partial charge in [0.1, 0.15) is 6.04 Å². The molecule has 17 heteroatoms. The maximum Gasteiger partial charge on any atom is 0.264 e. The van der Waals surface area contributed by atoms with Gasteiger partial charge in [0.05, 0.1) is 116 Å². The van der Waals surface area contributed by atoms with Crippen molar-refractivity contribution in [3.8, 4) is 0 Å². The van der Waals surface area contributed by atoms with E-state index in [2.05, 4.69) is 10.6 Å². The Bertz CT molecular complexity index is 1250. The lowest BCUT2D eigenvalue weighted by Gasteiger charge is -2.27. The number of rotatable bonds is 31. The van der Waals surface area contributed by atoms with E-state index < -0.39 is 29.7 Å². The van der Waals surface area contributed by atoms with E-state index in [1.165, 1.54) is 6.07 Å². The fourth-order valence-electron chi connectivity index (χ4n) is 5.22. The van der Waals surface area contributed by atoms with E-state index in [0.717, 1.165) is 17.7 Å². The molecule has 0 bridgehead atoms. The van der Waals surface area contributed by atoms with Crippen molar-refractivity contribution in [3.05, 3.63) is 29.3 Å². The third-order valence-electron chi connectivity index (χ3n) is 7.80. The molecule has 2 aliphatic rings. The number of anilines is 1. The summed E-state index contributed by atoms with van der Waals surface area (Å²) in [7, 11) is 0. The minimum atomic E-state index is -1.07. The highest BCUT2D eigenvalue weighted by molar-refractivity contribution is 6.26. The average molecular weight is 739 g/mol. The molecule has 292 valence electrons. The van der Waals surface area contributed by atoms with Crippen LogP contribution >= 0.6 is 0 Å². The Kier molecular flexibility index (Phi) is 21.8. The summed E-state index contributed by atoms with van der Waals surface area (Å²) in [5, 5.41) is 4.90. The van der Waals surface area contributed by atoms with Gasteiger partial charge in [0.15, 0.2) is 0 Å². The fraction of sp³-hybridized carbons (Fsp3) is 0.686. The standard InChI is InChI=1S/C35H54N4O13/c36-10-12-46-14-16-48-18-20-50-22-24-52-26-25-51-23-21-49-19-17-47-15-13-45-11-3-1-2-7-30(40)37-28-6-4-5-27-32(28)35(44)39(34(27)43)29-8-9-31(41)38-33(29)42/h4-6,29H,1-3,7-26,36H2,(H,37,40)(H,38,41,42). The SMILES string of the molecule is NCCOCCOCCOCCOCCOCCOCCOCCOCCCCCC(=O)Nc1cccc2c1C(=O)N(C1CCC(=O)NC1=O)C2=O. The van der Waals surface area contributed by atoms with Gasteiger partial charge in [0.2, 0.25) is 17.7 Å². The summed E-state index contributed by atoms with van der Waals surface area (Å²) in [6.45, 7) is 8.35. The van der Waals surface area contributed by atoms with Crippen LogP contribution in [0.2, 0.25) is 0 Å². The van der Waals surface area contributed by atoms with Crippen molar-refractivity contribution in [1.82, 2.24) is 10.2 Å². The molecule has 1 aromatic rings. The number of nitrogens with two attached hydrogens (primary N) is 1. The van der Waals surface area contributed by atoms with Crippen molar-refractivity contribution in [2.75, 3.05) is 118 Å². The first kappa shape index (κ1) is 43.0. The Morgan fingerprint density at radius 1 is 0.673 bits per heavy atom. The predicted octanol–water partition coefficient (Wildman–Crippen LogP) is 0.678. The number of nitrogens with one attached hydrogen (secondary N) is 2. The molecular weight excluding hydrogens is 684 g/mol. The van der Waals surface area contributed by atoms with Crippen molar-refractivity contribution in [2.24, 2.45) is 5.73 Å². The van der Waals surface area contributed by atoms with Gasteiger partial charge in [0, 0.05) is 26.0 Å². The molecule has 1 fully saturated rings. The highest BCUT2D eigenvalue weighted by atomic mass is 16.6. The number of piperidine rings is 1. The first-order valence-corrected chi connectivity index (χ1v) is 17.9. The first-order chi connectivity index (χ1) is 25.4. The molecule has 4 N–H and O–H groups in total. The second-order valence-corrected chi connectivity index (χ2v) is 11.7. The second kappa shape index (κ2) is 26.4. The molecule has 0 spiro atoms. The number of carbonyl (C=O) groups is 5. The van der Waals surface area contributed by atoms with Crippen molar-refractivity contribution in [3.63, 3.8) is 0 Å². The number of nitrogens with zero attached hydrogens (tertiary/aromatic N) is 1. The molecule has 2 heterocycles. The average Bonchev–Trinajstić information content (AvgIpc) is 3.38. The topological polar surface area (TPSA) is 213 Å². The molecule has 52 heavy (non-hydrogen) atoms. The molecular formula is C35H54N4O13. The minimum absolute atomic E-state index is 0.0298. The van der Waals surface area contributed by atoms with Crippen molar-refractivity contribution >= 4 is 35.2 Å². The van der Waals surface area contributed by atoms with Crippen LogP contribution in [0.5, 0.6) is 0 Å². The number of carbonyl (C=O) groups excluding carboxylic acids is 5. The number of hydrogen-bond acceptors (Lipinski definition) is 14. The lowest BCUT2D eigenvalue weighted by atomic mass is 10.0. The predicted molar refractivity (Wildman–Crippen MR) is 186 cm³/mol. The lowest BCUT2D eigenvalue weighted by Crippen LogP contribution is -2.54. The number of amides is 5. The molecule has 2 aliphatic heterocycles. The van der Waals surface area contributed by atoms with Gasteiger partial charge in [-0.1, -0.05) is 12.5 Å². The Labute approximate surface area is 304 Å². The van der Waals surface area contributed by atoms with Gasteiger partial charge >= 0.3 is 0 Å². The molecule has 1 aromatic carbocycles. The quantitative estimate of drug-likeness (QED) is 0.0707. The molecule has 1 atom stereocenters. The zero-order chi connectivity index (χ0) is 37.2. The summed E-state index contributed by atoms with van der Waals surface area (Å²) in [5.41, 5.74) is 5.72. The van der Waals surface area contributed by atoms with E-state index in [0.29, 0.717) is 119 Å². The zero-order valence-corrected chi connectivity index (χ0v) is 29.9. The van der Waals surface area contributed by atoms with Crippen molar-refractivity contribution < 1.29 is 61.9 Å². The van der Waals surface area contributed by atoms with E-state index in [9.17, 15) is 24.0 Å². The van der Waals surface area contributed by atoms with Crippen molar-refractivity contribution in [1.29, 1.82) is 0 Å². The lowest BCUT2D eigenvalue weighted by molar-refractivity contribution is -0.136. The van der Waals surface area contributed by atoms with E-state index >= 15 is 0 Å². The summed E-state index contributed by atoms with van der Waals surface area (Å²) < 4.78 is 43.5. The zero-order valence-electron chi connectivity index (χ0n) is 29.9. The summed E-state index contributed by atoms with van der Waals surface area (Å²) in [5.74, 6) is -2.71. The van der Waals surface area contributed by atoms with Gasteiger partial charge in [-0.25, -0.2) is 0 Å².